The molecule has 148 valence electrons. The van der Waals surface area contributed by atoms with Crippen LogP contribution in [0.15, 0.2) is 30.3 Å². The fourth-order valence-corrected chi connectivity index (χ4v) is 2.99. The van der Waals surface area contributed by atoms with Crippen LogP contribution < -0.4 is 5.32 Å². The van der Waals surface area contributed by atoms with Crippen LogP contribution in [-0.4, -0.2) is 47.7 Å². The normalized spacial score (nSPS) is 19.9. The standard InChI is InChI=1S/C20H28N2O5/c1-14(23)21-13-18(24)26-16-10-11-22(19(25)27-20(2,3)4)17(12-16)15-8-6-5-7-9-15/h5-9,16-17H,10-13H2,1-4H3,(H,21,23). The second kappa shape index (κ2) is 8.88. The molecule has 1 aliphatic heterocycles. The predicted octanol–water partition coefficient (Wildman–Crippen LogP) is 2.81. The van der Waals surface area contributed by atoms with Gasteiger partial charge in [0.2, 0.25) is 5.91 Å². The molecule has 1 aromatic carbocycles. The van der Waals surface area contributed by atoms with E-state index in [1.54, 1.807) is 4.90 Å². The van der Waals surface area contributed by atoms with Gasteiger partial charge >= 0.3 is 12.1 Å². The summed E-state index contributed by atoms with van der Waals surface area (Å²) in [5.41, 5.74) is 0.381. The van der Waals surface area contributed by atoms with Crippen LogP contribution in [0.2, 0.25) is 0 Å². The van der Waals surface area contributed by atoms with Crippen molar-refractivity contribution < 1.29 is 23.9 Å². The summed E-state index contributed by atoms with van der Waals surface area (Å²) in [6.45, 7) is 7.11. The first-order valence-electron chi connectivity index (χ1n) is 9.14. The summed E-state index contributed by atoms with van der Waals surface area (Å²) >= 11 is 0. The molecular formula is C20H28N2O5. The molecule has 1 fully saturated rings. The second-order valence-corrected chi connectivity index (χ2v) is 7.65. The van der Waals surface area contributed by atoms with Crippen LogP contribution in [0, 0.1) is 0 Å². The average Bonchev–Trinajstić information content (AvgIpc) is 2.59. The Labute approximate surface area is 160 Å². The van der Waals surface area contributed by atoms with Crippen molar-refractivity contribution in [2.75, 3.05) is 13.1 Å². The SMILES string of the molecule is CC(=O)NCC(=O)OC1CCN(C(=O)OC(C)(C)C)C(c2ccccc2)C1. The molecule has 1 aliphatic rings. The number of hydrogen-bond acceptors (Lipinski definition) is 5. The molecule has 7 heteroatoms. The van der Waals surface area contributed by atoms with Gasteiger partial charge in [0.25, 0.3) is 0 Å². The Morgan fingerprint density at radius 3 is 2.44 bits per heavy atom. The lowest BCUT2D eigenvalue weighted by Crippen LogP contribution is -2.46. The number of ether oxygens (including phenoxy) is 2. The molecule has 1 aromatic rings. The monoisotopic (exact) mass is 376 g/mol. The van der Waals surface area contributed by atoms with Gasteiger partial charge in [-0.05, 0) is 26.3 Å². The third-order valence-corrected chi connectivity index (χ3v) is 4.15. The van der Waals surface area contributed by atoms with E-state index in [2.05, 4.69) is 5.32 Å². The maximum atomic E-state index is 12.7. The van der Waals surface area contributed by atoms with Crippen molar-refractivity contribution in [2.24, 2.45) is 0 Å². The Hall–Kier alpha value is -2.57. The molecule has 2 rings (SSSR count). The minimum Gasteiger partial charge on any atom is -0.461 e. The molecule has 0 aliphatic carbocycles. The molecule has 0 spiro atoms. The van der Waals surface area contributed by atoms with E-state index in [9.17, 15) is 14.4 Å². The van der Waals surface area contributed by atoms with E-state index >= 15 is 0 Å². The number of likely N-dealkylation sites (tertiary alicyclic amines) is 1. The highest BCUT2D eigenvalue weighted by Gasteiger charge is 2.36. The van der Waals surface area contributed by atoms with Gasteiger partial charge in [0.15, 0.2) is 0 Å². The Morgan fingerprint density at radius 1 is 1.19 bits per heavy atom. The van der Waals surface area contributed by atoms with Gasteiger partial charge in [-0.1, -0.05) is 30.3 Å². The number of carbonyl (C=O) groups is 3. The Morgan fingerprint density at radius 2 is 1.85 bits per heavy atom. The molecule has 1 heterocycles. The van der Waals surface area contributed by atoms with Crippen molar-refractivity contribution >= 4 is 18.0 Å². The Bertz CT molecular complexity index is 669. The van der Waals surface area contributed by atoms with Crippen LogP contribution in [0.3, 0.4) is 0 Å². The number of benzene rings is 1. The van der Waals surface area contributed by atoms with E-state index in [-0.39, 0.29) is 30.7 Å². The first-order chi connectivity index (χ1) is 12.7. The van der Waals surface area contributed by atoms with Gasteiger partial charge in [0, 0.05) is 26.3 Å². The number of nitrogens with zero attached hydrogens (tertiary/aromatic N) is 1. The number of esters is 1. The van der Waals surface area contributed by atoms with Crippen molar-refractivity contribution in [1.82, 2.24) is 10.2 Å². The quantitative estimate of drug-likeness (QED) is 0.817. The van der Waals surface area contributed by atoms with Crippen LogP contribution in [-0.2, 0) is 19.1 Å². The van der Waals surface area contributed by atoms with Gasteiger partial charge in [-0.3, -0.25) is 9.59 Å². The molecule has 2 unspecified atom stereocenters. The smallest absolute Gasteiger partial charge is 0.410 e. The van der Waals surface area contributed by atoms with Gasteiger partial charge in [-0.2, -0.15) is 0 Å². The highest BCUT2D eigenvalue weighted by atomic mass is 16.6. The van der Waals surface area contributed by atoms with E-state index in [0.29, 0.717) is 19.4 Å². The van der Waals surface area contributed by atoms with Crippen molar-refractivity contribution in [1.29, 1.82) is 0 Å². The molecule has 0 bridgehead atoms. The summed E-state index contributed by atoms with van der Waals surface area (Å²) in [7, 11) is 0. The predicted molar refractivity (Wildman–Crippen MR) is 99.9 cm³/mol. The molecular weight excluding hydrogens is 348 g/mol. The molecule has 0 radical (unpaired) electrons. The van der Waals surface area contributed by atoms with Gasteiger partial charge in [-0.15, -0.1) is 0 Å². The van der Waals surface area contributed by atoms with Crippen LogP contribution >= 0.6 is 0 Å². The highest BCUT2D eigenvalue weighted by Crippen LogP contribution is 2.33. The largest absolute Gasteiger partial charge is 0.461 e. The van der Waals surface area contributed by atoms with Crippen molar-refractivity contribution in [3.63, 3.8) is 0 Å². The topological polar surface area (TPSA) is 84.9 Å². The first kappa shape index (κ1) is 20.7. The molecule has 0 saturated carbocycles. The summed E-state index contributed by atoms with van der Waals surface area (Å²) < 4.78 is 11.0. The van der Waals surface area contributed by atoms with E-state index in [4.69, 9.17) is 9.47 Å². The molecule has 1 N–H and O–H groups in total. The van der Waals surface area contributed by atoms with Crippen molar-refractivity contribution in [3.8, 4) is 0 Å². The second-order valence-electron chi connectivity index (χ2n) is 7.65. The lowest BCUT2D eigenvalue weighted by atomic mass is 9.93. The fourth-order valence-electron chi connectivity index (χ4n) is 2.99. The van der Waals surface area contributed by atoms with Gasteiger partial charge in [0.1, 0.15) is 18.2 Å². The zero-order valence-corrected chi connectivity index (χ0v) is 16.4. The number of carbonyl (C=O) groups excluding carboxylic acids is 3. The van der Waals surface area contributed by atoms with E-state index in [1.807, 2.05) is 51.1 Å². The van der Waals surface area contributed by atoms with Gasteiger partial charge in [-0.25, -0.2) is 4.79 Å². The lowest BCUT2D eigenvalue weighted by Gasteiger charge is -2.39. The maximum Gasteiger partial charge on any atom is 0.410 e. The Kier molecular flexibility index (Phi) is 6.82. The van der Waals surface area contributed by atoms with Crippen molar-refractivity contribution in [3.05, 3.63) is 35.9 Å². The third kappa shape index (κ3) is 6.58. The van der Waals surface area contributed by atoms with Gasteiger partial charge < -0.3 is 19.7 Å². The van der Waals surface area contributed by atoms with Crippen molar-refractivity contribution in [2.45, 2.75) is 58.3 Å². The van der Waals surface area contributed by atoms with Crippen LogP contribution in [0.5, 0.6) is 0 Å². The molecule has 2 atom stereocenters. The van der Waals surface area contributed by atoms with E-state index in [1.165, 1.54) is 6.92 Å². The zero-order valence-electron chi connectivity index (χ0n) is 16.4. The first-order valence-corrected chi connectivity index (χ1v) is 9.14. The zero-order chi connectivity index (χ0) is 20.0. The number of nitrogens with one attached hydrogen (secondary N) is 1. The number of rotatable bonds is 4. The van der Waals surface area contributed by atoms with Crippen LogP contribution in [0.4, 0.5) is 4.79 Å². The summed E-state index contributed by atoms with van der Waals surface area (Å²) in [6.07, 6.45) is 0.304. The summed E-state index contributed by atoms with van der Waals surface area (Å²) in [6, 6.07) is 9.39. The average molecular weight is 376 g/mol. The number of hydrogen-bond donors (Lipinski definition) is 1. The maximum absolute atomic E-state index is 12.7. The van der Waals surface area contributed by atoms with Crippen LogP contribution in [0.25, 0.3) is 0 Å². The van der Waals surface area contributed by atoms with Crippen LogP contribution in [0.1, 0.15) is 52.1 Å². The lowest BCUT2D eigenvalue weighted by molar-refractivity contribution is -0.151. The summed E-state index contributed by atoms with van der Waals surface area (Å²) in [5.74, 6) is -0.762. The molecule has 1 saturated heterocycles. The molecule has 0 aromatic heterocycles. The summed E-state index contributed by atoms with van der Waals surface area (Å²) in [5, 5.41) is 2.43. The number of amides is 2. The molecule has 7 nitrogen and oxygen atoms in total. The minimum absolute atomic E-state index is 0.155. The molecule has 2 amide bonds. The highest BCUT2D eigenvalue weighted by molar-refractivity contribution is 5.80. The minimum atomic E-state index is -0.583. The van der Waals surface area contributed by atoms with Gasteiger partial charge in [0.05, 0.1) is 6.04 Å². The summed E-state index contributed by atoms with van der Waals surface area (Å²) in [4.78, 5) is 37.2. The molecule has 27 heavy (non-hydrogen) atoms. The Balaban J connectivity index is 2.09. The number of piperidine rings is 1. The van der Waals surface area contributed by atoms with E-state index < -0.39 is 11.6 Å². The fraction of sp³-hybridized carbons (Fsp3) is 0.550. The van der Waals surface area contributed by atoms with E-state index in [0.717, 1.165) is 5.56 Å². The third-order valence-electron chi connectivity index (χ3n) is 4.15.